The maximum absolute atomic E-state index is 13.2. The van der Waals surface area contributed by atoms with Gasteiger partial charge in [-0.25, -0.2) is 13.8 Å². The fourth-order valence-electron chi connectivity index (χ4n) is 1.85. The highest BCUT2D eigenvalue weighted by Gasteiger charge is 2.12. The monoisotopic (exact) mass is 235 g/mol. The minimum atomic E-state index is -0.898. The molecule has 0 aliphatic rings. The Bertz CT molecular complexity index is 596. The standard InChI is InChI=1S/C12H11F2N3/c1-2-12-16-10-6-8(13)9(14)7-11(10)17(12)5-3-4-15/h6-7H,2-3,5H2,1H3. The Morgan fingerprint density at radius 1 is 1.35 bits per heavy atom. The molecule has 0 saturated heterocycles. The fraction of sp³-hybridized carbons (Fsp3) is 0.333. The maximum atomic E-state index is 13.2. The van der Waals surface area contributed by atoms with Crippen LogP contribution in [-0.2, 0) is 13.0 Å². The van der Waals surface area contributed by atoms with Gasteiger partial charge in [0.15, 0.2) is 11.6 Å². The molecule has 88 valence electrons. The van der Waals surface area contributed by atoms with Gasteiger partial charge in [-0.05, 0) is 0 Å². The van der Waals surface area contributed by atoms with Gasteiger partial charge in [0.25, 0.3) is 0 Å². The van der Waals surface area contributed by atoms with Crippen molar-refractivity contribution in [1.29, 1.82) is 5.26 Å². The molecule has 0 saturated carbocycles. The van der Waals surface area contributed by atoms with Crippen LogP contribution in [0.4, 0.5) is 8.78 Å². The summed E-state index contributed by atoms with van der Waals surface area (Å²) in [6.45, 7) is 2.36. The smallest absolute Gasteiger partial charge is 0.161 e. The maximum Gasteiger partial charge on any atom is 0.161 e. The number of aryl methyl sites for hydroxylation is 2. The second-order valence-corrected chi connectivity index (χ2v) is 3.70. The van der Waals surface area contributed by atoms with Crippen LogP contribution in [0.5, 0.6) is 0 Å². The summed E-state index contributed by atoms with van der Waals surface area (Å²) in [4.78, 5) is 4.23. The van der Waals surface area contributed by atoms with Gasteiger partial charge in [-0.2, -0.15) is 5.26 Å². The van der Waals surface area contributed by atoms with Gasteiger partial charge in [-0.3, -0.25) is 0 Å². The lowest BCUT2D eigenvalue weighted by Gasteiger charge is -2.04. The van der Waals surface area contributed by atoms with Crippen molar-refractivity contribution in [2.24, 2.45) is 0 Å². The number of rotatable bonds is 3. The second kappa shape index (κ2) is 4.50. The van der Waals surface area contributed by atoms with Crippen LogP contribution in [0.15, 0.2) is 12.1 Å². The number of nitrogens with zero attached hydrogens (tertiary/aromatic N) is 3. The number of aromatic nitrogens is 2. The fourth-order valence-corrected chi connectivity index (χ4v) is 1.85. The van der Waals surface area contributed by atoms with E-state index in [2.05, 4.69) is 4.98 Å². The van der Waals surface area contributed by atoms with E-state index in [9.17, 15) is 8.78 Å². The highest BCUT2D eigenvalue weighted by Crippen LogP contribution is 2.20. The molecule has 0 radical (unpaired) electrons. The molecule has 1 aromatic heterocycles. The molecule has 0 amide bonds. The Morgan fingerprint density at radius 3 is 2.71 bits per heavy atom. The molecule has 0 atom stereocenters. The van der Waals surface area contributed by atoms with Crippen molar-refractivity contribution < 1.29 is 8.78 Å². The highest BCUT2D eigenvalue weighted by atomic mass is 19.2. The number of hydrogen-bond acceptors (Lipinski definition) is 2. The van der Waals surface area contributed by atoms with Crippen molar-refractivity contribution in [2.45, 2.75) is 26.3 Å². The van der Waals surface area contributed by atoms with Crippen molar-refractivity contribution in [1.82, 2.24) is 9.55 Å². The van der Waals surface area contributed by atoms with Crippen LogP contribution in [-0.4, -0.2) is 9.55 Å². The first-order valence-electron chi connectivity index (χ1n) is 5.38. The number of benzene rings is 1. The molecule has 1 heterocycles. The minimum absolute atomic E-state index is 0.317. The summed E-state index contributed by atoms with van der Waals surface area (Å²) in [7, 11) is 0. The predicted molar refractivity (Wildman–Crippen MR) is 59.3 cm³/mol. The van der Waals surface area contributed by atoms with Crippen LogP contribution < -0.4 is 0 Å². The zero-order valence-electron chi connectivity index (χ0n) is 9.37. The summed E-state index contributed by atoms with van der Waals surface area (Å²) in [5.74, 6) is -1.05. The first-order chi connectivity index (χ1) is 8.17. The Kier molecular flexibility index (Phi) is 3.05. The zero-order chi connectivity index (χ0) is 12.4. The van der Waals surface area contributed by atoms with E-state index in [1.54, 1.807) is 4.57 Å². The first kappa shape index (κ1) is 11.5. The molecule has 3 nitrogen and oxygen atoms in total. The Morgan fingerprint density at radius 2 is 2.06 bits per heavy atom. The molecule has 0 fully saturated rings. The lowest BCUT2D eigenvalue weighted by Crippen LogP contribution is -2.02. The van der Waals surface area contributed by atoms with Gasteiger partial charge >= 0.3 is 0 Å². The van der Waals surface area contributed by atoms with Gasteiger partial charge < -0.3 is 4.57 Å². The molecular weight excluding hydrogens is 224 g/mol. The second-order valence-electron chi connectivity index (χ2n) is 3.70. The van der Waals surface area contributed by atoms with Gasteiger partial charge in [0, 0.05) is 25.1 Å². The molecule has 0 bridgehead atoms. The zero-order valence-corrected chi connectivity index (χ0v) is 9.37. The quantitative estimate of drug-likeness (QED) is 0.820. The van der Waals surface area contributed by atoms with Crippen LogP contribution >= 0.6 is 0 Å². The molecule has 0 aliphatic heterocycles. The number of fused-ring (bicyclic) bond motifs is 1. The summed E-state index contributed by atoms with van der Waals surface area (Å²) in [5, 5.41) is 8.58. The summed E-state index contributed by atoms with van der Waals surface area (Å²) in [5.41, 5.74) is 0.967. The largest absolute Gasteiger partial charge is 0.327 e. The average molecular weight is 235 g/mol. The molecule has 2 aromatic rings. The van der Waals surface area contributed by atoms with Gasteiger partial charge in [-0.15, -0.1) is 0 Å². The minimum Gasteiger partial charge on any atom is -0.327 e. The lowest BCUT2D eigenvalue weighted by atomic mass is 10.3. The van der Waals surface area contributed by atoms with E-state index in [1.165, 1.54) is 0 Å². The van der Waals surface area contributed by atoms with Crippen molar-refractivity contribution in [3.8, 4) is 6.07 Å². The van der Waals surface area contributed by atoms with E-state index in [0.29, 0.717) is 30.4 Å². The Hall–Kier alpha value is -1.96. The van der Waals surface area contributed by atoms with Crippen LogP contribution in [0, 0.1) is 23.0 Å². The third-order valence-electron chi connectivity index (χ3n) is 2.63. The highest BCUT2D eigenvalue weighted by molar-refractivity contribution is 5.76. The van der Waals surface area contributed by atoms with Crippen molar-refractivity contribution in [3.05, 3.63) is 29.6 Å². The predicted octanol–water partition coefficient (Wildman–Crippen LogP) is 2.79. The third kappa shape index (κ3) is 1.98. The molecule has 0 unspecified atom stereocenters. The van der Waals surface area contributed by atoms with Crippen molar-refractivity contribution >= 4 is 11.0 Å². The van der Waals surface area contributed by atoms with Gasteiger partial charge in [-0.1, -0.05) is 6.92 Å². The molecule has 2 rings (SSSR count). The first-order valence-corrected chi connectivity index (χ1v) is 5.38. The van der Waals surface area contributed by atoms with Gasteiger partial charge in [0.1, 0.15) is 5.82 Å². The van der Waals surface area contributed by atoms with Gasteiger partial charge in [0.05, 0.1) is 23.5 Å². The van der Waals surface area contributed by atoms with Crippen LogP contribution in [0.1, 0.15) is 19.2 Å². The van der Waals surface area contributed by atoms with Crippen LogP contribution in [0.2, 0.25) is 0 Å². The molecule has 5 heteroatoms. The molecule has 0 aliphatic carbocycles. The average Bonchev–Trinajstić information content (AvgIpc) is 2.64. The SMILES string of the molecule is CCc1nc2cc(F)c(F)cc2n1CCC#N. The molecule has 1 aromatic carbocycles. The molecular formula is C12H11F2N3. The van der Waals surface area contributed by atoms with Crippen LogP contribution in [0.25, 0.3) is 11.0 Å². The summed E-state index contributed by atoms with van der Waals surface area (Å²) < 4.78 is 28.0. The topological polar surface area (TPSA) is 41.6 Å². The van der Waals surface area contributed by atoms with Crippen LogP contribution in [0.3, 0.4) is 0 Å². The van der Waals surface area contributed by atoms with Crippen molar-refractivity contribution in [3.63, 3.8) is 0 Å². The van der Waals surface area contributed by atoms with Crippen molar-refractivity contribution in [2.75, 3.05) is 0 Å². The summed E-state index contributed by atoms with van der Waals surface area (Å²) in [6, 6.07) is 4.25. The number of hydrogen-bond donors (Lipinski definition) is 0. The van der Waals surface area contributed by atoms with E-state index in [0.717, 1.165) is 18.0 Å². The normalized spacial score (nSPS) is 10.7. The molecule has 0 spiro atoms. The van der Waals surface area contributed by atoms with Gasteiger partial charge in [0.2, 0.25) is 0 Å². The van der Waals surface area contributed by atoms with E-state index < -0.39 is 11.6 Å². The molecule has 17 heavy (non-hydrogen) atoms. The summed E-state index contributed by atoms with van der Waals surface area (Å²) >= 11 is 0. The Balaban J connectivity index is 2.62. The van der Waals surface area contributed by atoms with E-state index in [1.807, 2.05) is 13.0 Å². The van der Waals surface area contributed by atoms with E-state index >= 15 is 0 Å². The van der Waals surface area contributed by atoms with E-state index in [4.69, 9.17) is 5.26 Å². The molecule has 0 N–H and O–H groups in total. The van der Waals surface area contributed by atoms with E-state index in [-0.39, 0.29) is 0 Å². The Labute approximate surface area is 97.3 Å². The lowest BCUT2D eigenvalue weighted by molar-refractivity contribution is 0.510. The number of nitriles is 1. The third-order valence-corrected chi connectivity index (χ3v) is 2.63. The number of imidazole rings is 1. The number of halogens is 2. The summed E-state index contributed by atoms with van der Waals surface area (Å²) in [6.07, 6.45) is 0.973.